The molecule has 31 heavy (non-hydrogen) atoms. The predicted octanol–water partition coefficient (Wildman–Crippen LogP) is 4.36. The minimum Gasteiger partial charge on any atom is -0.438 e. The molecule has 4 rings (SSSR count). The number of fused-ring (bicyclic) bond motifs is 1. The Balaban J connectivity index is 1.38. The molecule has 0 aliphatic heterocycles. The maximum Gasteiger partial charge on any atom is 0.417 e. The molecule has 4 aromatic rings. The quantitative estimate of drug-likeness (QED) is 0.512. The van der Waals surface area contributed by atoms with E-state index >= 15 is 0 Å². The number of ether oxygens (including phenoxy) is 1. The number of alkyl halides is 3. The lowest BCUT2D eigenvalue weighted by Gasteiger charge is -2.09. The van der Waals surface area contributed by atoms with Gasteiger partial charge in [0.05, 0.1) is 17.4 Å². The maximum atomic E-state index is 12.6. The summed E-state index contributed by atoms with van der Waals surface area (Å²) in [5.74, 6) is 0.532. The standard InChI is InChI=1S/C21H16F3N5O2/c1-29-9-8-17-19(29)26-12-27-20(17)31-16-6-4-14(5-7-16)28-18(30)10-15-3-2-13(11-25-15)21(22,23)24/h2-9,11-12H,10H2,1H3,(H,28,30). The number of hydrogen-bond donors (Lipinski definition) is 1. The second kappa shape index (κ2) is 8.05. The number of rotatable bonds is 5. The number of amides is 1. The van der Waals surface area contributed by atoms with E-state index in [1.54, 1.807) is 24.3 Å². The minimum absolute atomic E-state index is 0.149. The number of pyridine rings is 1. The molecule has 158 valence electrons. The summed E-state index contributed by atoms with van der Waals surface area (Å²) < 4.78 is 45.4. The number of aryl methyl sites for hydroxylation is 1. The largest absolute Gasteiger partial charge is 0.438 e. The fourth-order valence-electron chi connectivity index (χ4n) is 2.92. The minimum atomic E-state index is -4.46. The van der Waals surface area contributed by atoms with Gasteiger partial charge in [0.15, 0.2) is 0 Å². The maximum absolute atomic E-state index is 12.6. The van der Waals surface area contributed by atoms with E-state index < -0.39 is 17.6 Å². The van der Waals surface area contributed by atoms with E-state index in [1.807, 2.05) is 23.9 Å². The van der Waals surface area contributed by atoms with Gasteiger partial charge in [0.1, 0.15) is 17.7 Å². The second-order valence-corrected chi connectivity index (χ2v) is 6.73. The smallest absolute Gasteiger partial charge is 0.417 e. The van der Waals surface area contributed by atoms with Crippen LogP contribution in [0.2, 0.25) is 0 Å². The average molecular weight is 427 g/mol. The highest BCUT2D eigenvalue weighted by atomic mass is 19.4. The number of halogens is 3. The zero-order valence-electron chi connectivity index (χ0n) is 16.2. The Hall–Kier alpha value is -3.95. The molecule has 0 atom stereocenters. The third-order valence-corrected chi connectivity index (χ3v) is 4.47. The summed E-state index contributed by atoms with van der Waals surface area (Å²) >= 11 is 0. The molecule has 0 aliphatic rings. The predicted molar refractivity (Wildman–Crippen MR) is 107 cm³/mol. The second-order valence-electron chi connectivity index (χ2n) is 6.73. The van der Waals surface area contributed by atoms with Crippen LogP contribution in [0.3, 0.4) is 0 Å². The van der Waals surface area contributed by atoms with Gasteiger partial charge in [0, 0.05) is 30.8 Å². The van der Waals surface area contributed by atoms with Crippen molar-refractivity contribution in [2.45, 2.75) is 12.6 Å². The van der Waals surface area contributed by atoms with Crippen molar-refractivity contribution in [2.24, 2.45) is 7.05 Å². The van der Waals surface area contributed by atoms with Crippen LogP contribution in [-0.4, -0.2) is 25.4 Å². The molecule has 7 nitrogen and oxygen atoms in total. The van der Waals surface area contributed by atoms with Gasteiger partial charge in [-0.15, -0.1) is 0 Å². The van der Waals surface area contributed by atoms with Crippen molar-refractivity contribution in [3.8, 4) is 11.6 Å². The first-order valence-corrected chi connectivity index (χ1v) is 9.15. The summed E-state index contributed by atoms with van der Waals surface area (Å²) in [4.78, 5) is 24.2. The Labute approximate surface area is 174 Å². The fourth-order valence-corrected chi connectivity index (χ4v) is 2.92. The third kappa shape index (κ3) is 4.63. The van der Waals surface area contributed by atoms with Gasteiger partial charge in [0.2, 0.25) is 11.8 Å². The number of nitrogens with zero attached hydrogens (tertiary/aromatic N) is 4. The molecule has 0 unspecified atom stereocenters. The van der Waals surface area contributed by atoms with Crippen LogP contribution in [0.1, 0.15) is 11.3 Å². The molecular formula is C21H16F3N5O2. The Morgan fingerprint density at radius 1 is 1.06 bits per heavy atom. The molecule has 1 amide bonds. The zero-order valence-corrected chi connectivity index (χ0v) is 16.2. The summed E-state index contributed by atoms with van der Waals surface area (Å²) in [5, 5.41) is 3.44. The van der Waals surface area contributed by atoms with E-state index in [4.69, 9.17) is 4.74 Å². The van der Waals surface area contributed by atoms with Crippen molar-refractivity contribution in [1.29, 1.82) is 0 Å². The number of benzene rings is 1. The summed E-state index contributed by atoms with van der Waals surface area (Å²) in [6, 6.07) is 10.6. The van der Waals surface area contributed by atoms with Gasteiger partial charge in [-0.3, -0.25) is 9.78 Å². The van der Waals surface area contributed by atoms with Crippen molar-refractivity contribution in [3.05, 3.63) is 72.4 Å². The normalized spacial score (nSPS) is 11.5. The van der Waals surface area contributed by atoms with Gasteiger partial charge in [-0.2, -0.15) is 13.2 Å². The van der Waals surface area contributed by atoms with E-state index in [-0.39, 0.29) is 12.1 Å². The summed E-state index contributed by atoms with van der Waals surface area (Å²) in [6.45, 7) is 0. The molecule has 10 heteroatoms. The van der Waals surface area contributed by atoms with E-state index in [2.05, 4.69) is 20.3 Å². The van der Waals surface area contributed by atoms with Gasteiger partial charge in [-0.25, -0.2) is 9.97 Å². The molecule has 1 aromatic carbocycles. The SMILES string of the molecule is Cn1ccc2c(Oc3ccc(NC(=O)Cc4ccc(C(F)(F)F)cn4)cc3)ncnc21. The molecule has 3 aromatic heterocycles. The highest BCUT2D eigenvalue weighted by molar-refractivity contribution is 5.92. The molecule has 0 radical (unpaired) electrons. The topological polar surface area (TPSA) is 81.9 Å². The lowest BCUT2D eigenvalue weighted by molar-refractivity contribution is -0.137. The lowest BCUT2D eigenvalue weighted by atomic mass is 10.2. The molecule has 0 saturated carbocycles. The monoisotopic (exact) mass is 427 g/mol. The molecule has 0 fully saturated rings. The Morgan fingerprint density at radius 2 is 1.84 bits per heavy atom. The third-order valence-electron chi connectivity index (χ3n) is 4.47. The zero-order chi connectivity index (χ0) is 22.0. The fraction of sp³-hybridized carbons (Fsp3) is 0.143. The van der Waals surface area contributed by atoms with E-state index in [9.17, 15) is 18.0 Å². The Morgan fingerprint density at radius 3 is 2.52 bits per heavy atom. The van der Waals surface area contributed by atoms with Crippen molar-refractivity contribution < 1.29 is 22.7 Å². The van der Waals surface area contributed by atoms with Crippen molar-refractivity contribution in [3.63, 3.8) is 0 Å². The number of nitrogens with one attached hydrogen (secondary N) is 1. The summed E-state index contributed by atoms with van der Waals surface area (Å²) in [7, 11) is 1.87. The van der Waals surface area contributed by atoms with Crippen LogP contribution in [-0.2, 0) is 24.4 Å². The summed E-state index contributed by atoms with van der Waals surface area (Å²) in [6.07, 6.45) is -0.623. The highest BCUT2D eigenvalue weighted by Gasteiger charge is 2.30. The molecular weight excluding hydrogens is 411 g/mol. The molecule has 0 saturated heterocycles. The van der Waals surface area contributed by atoms with E-state index in [1.165, 1.54) is 12.4 Å². The highest BCUT2D eigenvalue weighted by Crippen LogP contribution is 2.29. The van der Waals surface area contributed by atoms with Crippen LogP contribution in [0.4, 0.5) is 18.9 Å². The van der Waals surface area contributed by atoms with Gasteiger partial charge in [-0.1, -0.05) is 0 Å². The van der Waals surface area contributed by atoms with Crippen molar-refractivity contribution in [2.75, 3.05) is 5.32 Å². The van der Waals surface area contributed by atoms with Gasteiger partial charge >= 0.3 is 6.18 Å². The average Bonchev–Trinajstić information content (AvgIpc) is 3.11. The van der Waals surface area contributed by atoms with Gasteiger partial charge in [-0.05, 0) is 42.5 Å². The van der Waals surface area contributed by atoms with Crippen molar-refractivity contribution >= 4 is 22.6 Å². The summed E-state index contributed by atoms with van der Waals surface area (Å²) in [5.41, 5.74) is 0.632. The number of anilines is 1. The van der Waals surface area contributed by atoms with Crippen molar-refractivity contribution in [1.82, 2.24) is 19.5 Å². The molecule has 0 aliphatic carbocycles. The van der Waals surface area contributed by atoms with Crippen LogP contribution in [0.5, 0.6) is 11.6 Å². The van der Waals surface area contributed by atoms with Crippen LogP contribution in [0, 0.1) is 0 Å². The van der Waals surface area contributed by atoms with Crippen LogP contribution < -0.4 is 10.1 Å². The Bertz CT molecular complexity index is 1220. The number of aromatic nitrogens is 4. The number of carbonyl (C=O) groups excluding carboxylic acids is 1. The molecule has 3 heterocycles. The van der Waals surface area contributed by atoms with Crippen LogP contribution >= 0.6 is 0 Å². The van der Waals surface area contributed by atoms with Crippen LogP contribution in [0.15, 0.2) is 61.2 Å². The van der Waals surface area contributed by atoms with E-state index in [0.717, 1.165) is 17.1 Å². The number of hydrogen-bond acceptors (Lipinski definition) is 5. The van der Waals surface area contributed by atoms with E-state index in [0.29, 0.717) is 23.5 Å². The first kappa shape index (κ1) is 20.3. The van der Waals surface area contributed by atoms with Gasteiger partial charge < -0.3 is 14.6 Å². The first-order chi connectivity index (χ1) is 14.8. The molecule has 0 spiro atoms. The Kier molecular flexibility index (Phi) is 5.28. The molecule has 0 bridgehead atoms. The molecule has 1 N–H and O–H groups in total. The first-order valence-electron chi connectivity index (χ1n) is 9.15. The lowest BCUT2D eigenvalue weighted by Crippen LogP contribution is -2.15. The number of carbonyl (C=O) groups is 1. The van der Waals surface area contributed by atoms with Gasteiger partial charge in [0.25, 0.3) is 0 Å². The van der Waals surface area contributed by atoms with Crippen LogP contribution in [0.25, 0.3) is 11.0 Å².